The molecule has 3 heterocycles. The summed E-state index contributed by atoms with van der Waals surface area (Å²) in [6.07, 6.45) is 8.29. The Kier molecular flexibility index (Phi) is 3.73. The van der Waals surface area contributed by atoms with Crippen molar-refractivity contribution in [3.05, 3.63) is 45.1 Å². The molecule has 1 atom stereocenters. The van der Waals surface area contributed by atoms with Gasteiger partial charge >= 0.3 is 0 Å². The molecule has 0 aromatic carbocycles. The highest BCUT2D eigenvalue weighted by atomic mass is 16.1. The molecule has 2 aromatic heterocycles. The lowest BCUT2D eigenvalue weighted by molar-refractivity contribution is 0.213. The van der Waals surface area contributed by atoms with E-state index in [1.807, 2.05) is 6.07 Å². The molecule has 6 heteroatoms. The average Bonchev–Trinajstić information content (AvgIpc) is 3.01. The van der Waals surface area contributed by atoms with Crippen LogP contribution in [0.5, 0.6) is 0 Å². The van der Waals surface area contributed by atoms with Crippen molar-refractivity contribution in [3.8, 4) is 0 Å². The maximum Gasteiger partial charge on any atom is 0.266 e. The Hall–Kier alpha value is -1.95. The third-order valence-electron chi connectivity index (χ3n) is 6.01. The van der Waals surface area contributed by atoms with Crippen molar-refractivity contribution in [1.82, 2.24) is 24.9 Å². The zero-order valence-corrected chi connectivity index (χ0v) is 14.6. The monoisotopic (exact) mass is 339 g/mol. The molecule has 6 nitrogen and oxygen atoms in total. The minimum Gasteiger partial charge on any atom is -0.293 e. The van der Waals surface area contributed by atoms with Gasteiger partial charge in [0.15, 0.2) is 0 Å². The van der Waals surface area contributed by atoms with Gasteiger partial charge in [-0.1, -0.05) is 0 Å². The van der Waals surface area contributed by atoms with Crippen LogP contribution in [0.2, 0.25) is 0 Å². The van der Waals surface area contributed by atoms with Crippen LogP contribution in [0.4, 0.5) is 0 Å². The average molecular weight is 339 g/mol. The molecule has 2 aliphatic carbocycles. The van der Waals surface area contributed by atoms with Crippen LogP contribution < -0.4 is 5.56 Å². The molecule has 1 aliphatic heterocycles. The molecule has 2 fully saturated rings. The number of aromatic amines is 1. The molecule has 1 N–H and O–H groups in total. The summed E-state index contributed by atoms with van der Waals surface area (Å²) in [5.41, 5.74) is 5.11. The lowest BCUT2D eigenvalue weighted by atomic mass is 10.1. The summed E-state index contributed by atoms with van der Waals surface area (Å²) in [6, 6.07) is 3.99. The Balaban J connectivity index is 1.33. The smallest absolute Gasteiger partial charge is 0.266 e. The summed E-state index contributed by atoms with van der Waals surface area (Å²) < 4.78 is 1.70. The van der Waals surface area contributed by atoms with Crippen molar-refractivity contribution in [2.75, 3.05) is 6.54 Å². The molecule has 25 heavy (non-hydrogen) atoms. The highest BCUT2D eigenvalue weighted by molar-refractivity contribution is 5.29. The first kappa shape index (κ1) is 15.3. The van der Waals surface area contributed by atoms with Crippen LogP contribution in [0, 0.1) is 0 Å². The van der Waals surface area contributed by atoms with Crippen molar-refractivity contribution < 1.29 is 0 Å². The standard InChI is InChI=1S/C19H25N5O/c25-19-9-8-16(13-6-7-13)22-24(19)11-14-3-2-10-23(14)12-18-15-4-1-5-17(15)20-21-18/h8-9,13-14H,1-7,10-12H2,(H,20,21). The van der Waals surface area contributed by atoms with Gasteiger partial charge < -0.3 is 0 Å². The molecular weight excluding hydrogens is 314 g/mol. The number of nitrogens with one attached hydrogen (secondary N) is 1. The molecule has 1 saturated heterocycles. The summed E-state index contributed by atoms with van der Waals surface area (Å²) >= 11 is 0. The fourth-order valence-corrected chi connectivity index (χ4v) is 4.41. The van der Waals surface area contributed by atoms with Gasteiger partial charge in [0.05, 0.1) is 17.9 Å². The minimum atomic E-state index is 0.0249. The molecule has 1 saturated carbocycles. The molecule has 3 aliphatic rings. The van der Waals surface area contributed by atoms with Crippen molar-refractivity contribution in [1.29, 1.82) is 0 Å². The zero-order valence-electron chi connectivity index (χ0n) is 14.6. The predicted octanol–water partition coefficient (Wildman–Crippen LogP) is 2.00. The number of fused-ring (bicyclic) bond motifs is 1. The summed E-state index contributed by atoms with van der Waals surface area (Å²) in [6.45, 7) is 2.68. The normalized spacial score (nSPS) is 23.3. The van der Waals surface area contributed by atoms with Crippen LogP contribution in [0.25, 0.3) is 0 Å². The van der Waals surface area contributed by atoms with E-state index in [2.05, 4.69) is 20.2 Å². The van der Waals surface area contributed by atoms with E-state index in [9.17, 15) is 4.79 Å². The first-order valence-electron chi connectivity index (χ1n) is 9.65. The number of likely N-dealkylation sites (tertiary alicyclic amines) is 1. The third kappa shape index (κ3) is 2.92. The largest absolute Gasteiger partial charge is 0.293 e. The number of H-pyrrole nitrogens is 1. The van der Waals surface area contributed by atoms with Crippen LogP contribution >= 0.6 is 0 Å². The molecule has 0 bridgehead atoms. The Morgan fingerprint density at radius 3 is 2.96 bits per heavy atom. The van der Waals surface area contributed by atoms with E-state index in [0.717, 1.165) is 38.0 Å². The van der Waals surface area contributed by atoms with Gasteiger partial charge in [0.25, 0.3) is 5.56 Å². The number of aryl methyl sites for hydroxylation is 1. The number of nitrogens with zero attached hydrogens (tertiary/aromatic N) is 4. The van der Waals surface area contributed by atoms with E-state index in [-0.39, 0.29) is 5.56 Å². The summed E-state index contributed by atoms with van der Waals surface area (Å²) in [5.74, 6) is 0.582. The molecule has 2 aromatic rings. The second kappa shape index (κ2) is 6.09. The third-order valence-corrected chi connectivity index (χ3v) is 6.01. The van der Waals surface area contributed by atoms with Gasteiger partial charge in [0.1, 0.15) is 0 Å². The lowest BCUT2D eigenvalue weighted by Crippen LogP contribution is -2.37. The molecule has 0 amide bonds. The first-order chi connectivity index (χ1) is 12.3. The fourth-order valence-electron chi connectivity index (χ4n) is 4.41. The number of hydrogen-bond donors (Lipinski definition) is 1. The van der Waals surface area contributed by atoms with E-state index in [4.69, 9.17) is 0 Å². The number of rotatable bonds is 5. The van der Waals surface area contributed by atoms with Gasteiger partial charge in [-0.2, -0.15) is 10.2 Å². The predicted molar refractivity (Wildman–Crippen MR) is 94.5 cm³/mol. The van der Waals surface area contributed by atoms with Gasteiger partial charge in [-0.25, -0.2) is 4.68 Å². The van der Waals surface area contributed by atoms with E-state index >= 15 is 0 Å². The van der Waals surface area contributed by atoms with Crippen molar-refractivity contribution >= 4 is 0 Å². The quantitative estimate of drug-likeness (QED) is 0.905. The Labute approximate surface area is 147 Å². The van der Waals surface area contributed by atoms with Crippen molar-refractivity contribution in [3.63, 3.8) is 0 Å². The van der Waals surface area contributed by atoms with Gasteiger partial charge in [-0.05, 0) is 63.1 Å². The summed E-state index contributed by atoms with van der Waals surface area (Å²) in [5, 5.41) is 12.4. The van der Waals surface area contributed by atoms with Crippen molar-refractivity contribution in [2.45, 2.75) is 70.0 Å². The van der Waals surface area contributed by atoms with Crippen LogP contribution in [0.15, 0.2) is 16.9 Å². The summed E-state index contributed by atoms with van der Waals surface area (Å²) in [7, 11) is 0. The highest BCUT2D eigenvalue weighted by Crippen LogP contribution is 2.38. The second-order valence-corrected chi connectivity index (χ2v) is 7.80. The molecule has 0 spiro atoms. The fraction of sp³-hybridized carbons (Fsp3) is 0.632. The molecule has 132 valence electrons. The SMILES string of the molecule is O=c1ccc(C2CC2)nn1CC1CCCN1Cc1n[nH]c2c1CCC2. The molecule has 0 radical (unpaired) electrons. The number of hydrogen-bond acceptors (Lipinski definition) is 4. The van der Waals surface area contributed by atoms with Gasteiger partial charge in [0, 0.05) is 30.3 Å². The Morgan fingerprint density at radius 2 is 2.08 bits per heavy atom. The topological polar surface area (TPSA) is 66.8 Å². The van der Waals surface area contributed by atoms with Gasteiger partial charge in [-0.3, -0.25) is 14.8 Å². The molecule has 1 unspecified atom stereocenters. The zero-order chi connectivity index (χ0) is 16.8. The highest BCUT2D eigenvalue weighted by Gasteiger charge is 2.29. The Morgan fingerprint density at radius 1 is 1.16 bits per heavy atom. The lowest BCUT2D eigenvalue weighted by Gasteiger charge is -2.24. The molecule has 5 rings (SSSR count). The van der Waals surface area contributed by atoms with E-state index in [1.165, 1.54) is 42.6 Å². The minimum absolute atomic E-state index is 0.0249. The van der Waals surface area contributed by atoms with Crippen LogP contribution in [0.1, 0.15) is 60.7 Å². The summed E-state index contributed by atoms with van der Waals surface area (Å²) in [4.78, 5) is 14.7. The first-order valence-corrected chi connectivity index (χ1v) is 9.65. The van der Waals surface area contributed by atoms with Gasteiger partial charge in [0.2, 0.25) is 0 Å². The van der Waals surface area contributed by atoms with Crippen LogP contribution in [0.3, 0.4) is 0 Å². The maximum absolute atomic E-state index is 12.2. The van der Waals surface area contributed by atoms with E-state index in [1.54, 1.807) is 10.7 Å². The van der Waals surface area contributed by atoms with E-state index < -0.39 is 0 Å². The van der Waals surface area contributed by atoms with E-state index in [0.29, 0.717) is 18.5 Å². The Bertz CT molecular complexity index is 835. The number of aromatic nitrogens is 4. The van der Waals surface area contributed by atoms with Crippen LogP contribution in [-0.4, -0.2) is 37.5 Å². The van der Waals surface area contributed by atoms with Gasteiger partial charge in [-0.15, -0.1) is 0 Å². The molecular formula is C19H25N5O. The van der Waals surface area contributed by atoms with Crippen molar-refractivity contribution in [2.24, 2.45) is 0 Å². The maximum atomic E-state index is 12.2. The second-order valence-electron chi connectivity index (χ2n) is 7.80. The van der Waals surface area contributed by atoms with Crippen LogP contribution in [-0.2, 0) is 25.9 Å².